The first-order valence-electron chi connectivity index (χ1n) is 6.28. The van der Waals surface area contributed by atoms with E-state index in [1.807, 2.05) is 18.2 Å². The minimum atomic E-state index is -0.768. The number of aromatic nitrogens is 2. The van der Waals surface area contributed by atoms with Crippen LogP contribution in [0.25, 0.3) is 0 Å². The minimum absolute atomic E-state index is 0.122. The lowest BCUT2D eigenvalue weighted by atomic mass is 10.3. The Kier molecular flexibility index (Phi) is 4.73. The van der Waals surface area contributed by atoms with Crippen LogP contribution in [0, 0.1) is 0 Å². The molecule has 0 spiro atoms. The third-order valence-corrected chi connectivity index (χ3v) is 2.65. The molecule has 6 heteroatoms. The van der Waals surface area contributed by atoms with E-state index in [0.717, 1.165) is 0 Å². The van der Waals surface area contributed by atoms with Crippen molar-refractivity contribution in [2.75, 3.05) is 13.2 Å². The van der Waals surface area contributed by atoms with Crippen molar-refractivity contribution in [3.05, 3.63) is 48.3 Å². The Morgan fingerprint density at radius 2 is 2.20 bits per heavy atom. The van der Waals surface area contributed by atoms with E-state index in [1.165, 1.54) is 6.20 Å². The van der Waals surface area contributed by atoms with Gasteiger partial charge in [-0.1, -0.05) is 18.2 Å². The predicted molar refractivity (Wildman–Crippen MR) is 73.5 cm³/mol. The number of aryl methyl sites for hydroxylation is 1. The Bertz CT molecular complexity index is 554. The van der Waals surface area contributed by atoms with E-state index in [4.69, 9.17) is 4.74 Å². The number of benzene rings is 1. The van der Waals surface area contributed by atoms with Gasteiger partial charge in [0.1, 0.15) is 18.5 Å². The molecule has 2 N–H and O–H groups in total. The molecular weight excluding hydrogens is 258 g/mol. The molecule has 2 rings (SSSR count). The topological polar surface area (TPSA) is 76.4 Å². The number of aliphatic hydroxyl groups excluding tert-OH is 1. The summed E-state index contributed by atoms with van der Waals surface area (Å²) in [6.07, 6.45) is 2.32. The second-order valence-corrected chi connectivity index (χ2v) is 4.39. The van der Waals surface area contributed by atoms with Gasteiger partial charge in [0.15, 0.2) is 0 Å². The van der Waals surface area contributed by atoms with E-state index in [1.54, 1.807) is 30.1 Å². The van der Waals surface area contributed by atoms with Crippen molar-refractivity contribution < 1.29 is 14.6 Å². The zero-order valence-corrected chi connectivity index (χ0v) is 11.2. The molecule has 0 unspecified atom stereocenters. The van der Waals surface area contributed by atoms with Crippen LogP contribution in [0.2, 0.25) is 0 Å². The lowest BCUT2D eigenvalue weighted by Crippen LogP contribution is -2.35. The van der Waals surface area contributed by atoms with Gasteiger partial charge in [-0.25, -0.2) is 0 Å². The van der Waals surface area contributed by atoms with Crippen molar-refractivity contribution in [3.63, 3.8) is 0 Å². The maximum absolute atomic E-state index is 11.7. The van der Waals surface area contributed by atoms with Gasteiger partial charge in [-0.15, -0.1) is 0 Å². The molecule has 1 aromatic carbocycles. The molecule has 1 aromatic heterocycles. The van der Waals surface area contributed by atoms with Crippen LogP contribution in [0.1, 0.15) is 10.4 Å². The summed E-state index contributed by atoms with van der Waals surface area (Å²) in [7, 11) is 1.74. The highest BCUT2D eigenvalue weighted by molar-refractivity contribution is 5.93. The highest BCUT2D eigenvalue weighted by atomic mass is 16.5. The van der Waals surface area contributed by atoms with Gasteiger partial charge in [-0.2, -0.15) is 5.10 Å². The number of hydrogen-bond donors (Lipinski definition) is 2. The molecule has 0 aliphatic heterocycles. The van der Waals surface area contributed by atoms with Gasteiger partial charge < -0.3 is 15.2 Å². The maximum Gasteiger partial charge on any atom is 0.254 e. The molecule has 0 aliphatic carbocycles. The second kappa shape index (κ2) is 6.72. The quantitative estimate of drug-likeness (QED) is 0.809. The number of amides is 1. The molecule has 0 saturated heterocycles. The molecule has 0 saturated carbocycles. The van der Waals surface area contributed by atoms with Gasteiger partial charge in [-0.3, -0.25) is 9.48 Å². The van der Waals surface area contributed by atoms with E-state index in [9.17, 15) is 9.90 Å². The van der Waals surface area contributed by atoms with Crippen LogP contribution >= 0.6 is 0 Å². The Morgan fingerprint density at radius 3 is 2.85 bits per heavy atom. The molecule has 0 aliphatic rings. The highest BCUT2D eigenvalue weighted by Gasteiger charge is 2.11. The smallest absolute Gasteiger partial charge is 0.254 e. The van der Waals surface area contributed by atoms with Crippen LogP contribution in [0.5, 0.6) is 5.75 Å². The second-order valence-electron chi connectivity index (χ2n) is 4.39. The number of carbonyl (C=O) groups is 1. The van der Waals surface area contributed by atoms with Gasteiger partial charge in [0.05, 0.1) is 11.8 Å². The van der Waals surface area contributed by atoms with Gasteiger partial charge in [0, 0.05) is 19.8 Å². The van der Waals surface area contributed by atoms with E-state index in [-0.39, 0.29) is 19.1 Å². The molecule has 20 heavy (non-hydrogen) atoms. The van der Waals surface area contributed by atoms with Crippen LogP contribution in [-0.2, 0) is 7.05 Å². The first kappa shape index (κ1) is 14.1. The average Bonchev–Trinajstić information content (AvgIpc) is 2.90. The third kappa shape index (κ3) is 4.10. The fourth-order valence-corrected chi connectivity index (χ4v) is 1.62. The molecule has 0 bridgehead atoms. The predicted octanol–water partition coefficient (Wildman–Crippen LogP) is 0.590. The van der Waals surface area contributed by atoms with Gasteiger partial charge in [-0.05, 0) is 12.1 Å². The number of nitrogens with zero attached hydrogens (tertiary/aromatic N) is 2. The number of carbonyl (C=O) groups excluding carboxylic acids is 1. The van der Waals surface area contributed by atoms with Crippen molar-refractivity contribution in [3.8, 4) is 5.75 Å². The highest BCUT2D eigenvalue weighted by Crippen LogP contribution is 2.08. The number of ether oxygens (including phenoxy) is 1. The van der Waals surface area contributed by atoms with Crippen molar-refractivity contribution in [1.82, 2.24) is 15.1 Å². The summed E-state index contributed by atoms with van der Waals surface area (Å²) in [5.74, 6) is 0.419. The molecule has 2 aromatic rings. The lowest BCUT2D eigenvalue weighted by Gasteiger charge is -2.12. The largest absolute Gasteiger partial charge is 0.491 e. The summed E-state index contributed by atoms with van der Waals surface area (Å²) < 4.78 is 6.94. The SMILES string of the molecule is Cn1cc(C(=O)NC[C@H](O)COc2ccccc2)cn1. The zero-order valence-electron chi connectivity index (χ0n) is 11.2. The number of nitrogens with one attached hydrogen (secondary N) is 1. The molecular formula is C14H17N3O3. The standard InChI is InChI=1S/C14H17N3O3/c1-17-9-11(7-16-17)14(19)15-8-12(18)10-20-13-5-3-2-4-6-13/h2-7,9,12,18H,8,10H2,1H3,(H,15,19)/t12-/m0/s1. The van der Waals surface area contributed by atoms with Crippen LogP contribution in [0.15, 0.2) is 42.7 Å². The Hall–Kier alpha value is -2.34. The van der Waals surface area contributed by atoms with Crippen molar-refractivity contribution in [2.24, 2.45) is 7.05 Å². The third-order valence-electron chi connectivity index (χ3n) is 2.65. The molecule has 1 heterocycles. The van der Waals surface area contributed by atoms with Crippen molar-refractivity contribution in [2.45, 2.75) is 6.10 Å². The molecule has 106 valence electrons. The van der Waals surface area contributed by atoms with Crippen molar-refractivity contribution >= 4 is 5.91 Å². The van der Waals surface area contributed by atoms with E-state index in [0.29, 0.717) is 11.3 Å². The Balaban J connectivity index is 1.72. The van der Waals surface area contributed by atoms with E-state index < -0.39 is 6.10 Å². The number of hydrogen-bond acceptors (Lipinski definition) is 4. The maximum atomic E-state index is 11.7. The van der Waals surface area contributed by atoms with E-state index >= 15 is 0 Å². The molecule has 1 atom stereocenters. The van der Waals surface area contributed by atoms with Gasteiger partial charge in [0.25, 0.3) is 5.91 Å². The van der Waals surface area contributed by atoms with Gasteiger partial charge in [0.2, 0.25) is 0 Å². The molecule has 0 fully saturated rings. The summed E-state index contributed by atoms with van der Waals surface area (Å²) in [6.45, 7) is 0.248. The first-order chi connectivity index (χ1) is 9.65. The molecule has 1 amide bonds. The van der Waals surface area contributed by atoms with Crippen molar-refractivity contribution in [1.29, 1.82) is 0 Å². The average molecular weight is 275 g/mol. The van der Waals surface area contributed by atoms with Crippen LogP contribution in [-0.4, -0.2) is 40.0 Å². The normalized spacial score (nSPS) is 11.9. The fraction of sp³-hybridized carbons (Fsp3) is 0.286. The van der Waals surface area contributed by atoms with Crippen LogP contribution < -0.4 is 10.1 Å². The van der Waals surface area contributed by atoms with E-state index in [2.05, 4.69) is 10.4 Å². The minimum Gasteiger partial charge on any atom is -0.491 e. The number of rotatable bonds is 6. The molecule has 0 radical (unpaired) electrons. The summed E-state index contributed by atoms with van der Waals surface area (Å²) in [5, 5.41) is 16.3. The zero-order chi connectivity index (χ0) is 14.4. The number of para-hydroxylation sites is 1. The summed E-state index contributed by atoms with van der Waals surface area (Å²) in [4.78, 5) is 11.7. The number of aliphatic hydroxyl groups is 1. The van der Waals surface area contributed by atoms with Crippen LogP contribution in [0.4, 0.5) is 0 Å². The van der Waals surface area contributed by atoms with Crippen LogP contribution in [0.3, 0.4) is 0 Å². The first-order valence-corrected chi connectivity index (χ1v) is 6.28. The Labute approximate surface area is 117 Å². The molecule has 6 nitrogen and oxygen atoms in total. The lowest BCUT2D eigenvalue weighted by molar-refractivity contribution is 0.0843. The van der Waals surface area contributed by atoms with Gasteiger partial charge >= 0.3 is 0 Å². The Morgan fingerprint density at radius 1 is 1.45 bits per heavy atom. The fourth-order valence-electron chi connectivity index (χ4n) is 1.62. The summed E-state index contributed by atoms with van der Waals surface area (Å²) >= 11 is 0. The summed E-state index contributed by atoms with van der Waals surface area (Å²) in [5.41, 5.74) is 0.462. The summed E-state index contributed by atoms with van der Waals surface area (Å²) in [6, 6.07) is 9.21. The monoisotopic (exact) mass is 275 g/mol.